The van der Waals surface area contributed by atoms with Crippen molar-refractivity contribution in [3.05, 3.63) is 56.2 Å². The highest BCUT2D eigenvalue weighted by Crippen LogP contribution is 2.29. The molecule has 1 saturated heterocycles. The molecule has 2 aromatic rings. The zero-order chi connectivity index (χ0) is 14.8. The second-order valence-corrected chi connectivity index (χ2v) is 7.03. The van der Waals surface area contributed by atoms with Crippen LogP contribution in [0.1, 0.15) is 21.3 Å². The molecular formula is C15H15Cl3N2OS. The number of rotatable bonds is 2. The van der Waals surface area contributed by atoms with Gasteiger partial charge in [0.25, 0.3) is 5.91 Å². The van der Waals surface area contributed by atoms with Gasteiger partial charge in [-0.05, 0) is 29.8 Å². The summed E-state index contributed by atoms with van der Waals surface area (Å²) in [5.74, 6) is 0.0263. The predicted octanol–water partition coefficient (Wildman–Crippen LogP) is 4.26. The average molecular weight is 378 g/mol. The fourth-order valence-electron chi connectivity index (χ4n) is 2.53. The van der Waals surface area contributed by atoms with Gasteiger partial charge in [0.1, 0.15) is 0 Å². The highest BCUT2D eigenvalue weighted by atomic mass is 35.5. The number of amides is 1. The molecule has 0 bridgehead atoms. The van der Waals surface area contributed by atoms with Crippen molar-refractivity contribution < 1.29 is 4.79 Å². The second kappa shape index (κ2) is 7.66. The van der Waals surface area contributed by atoms with Crippen LogP contribution in [0.4, 0.5) is 0 Å². The smallest absolute Gasteiger partial charge is 0.264 e. The van der Waals surface area contributed by atoms with Gasteiger partial charge in [-0.3, -0.25) is 4.79 Å². The van der Waals surface area contributed by atoms with Gasteiger partial charge in [0, 0.05) is 24.7 Å². The van der Waals surface area contributed by atoms with Crippen LogP contribution in [-0.2, 0) is 0 Å². The van der Waals surface area contributed by atoms with Crippen LogP contribution in [0.3, 0.4) is 0 Å². The minimum absolute atomic E-state index is 0. The number of carbonyl (C=O) groups excluding carboxylic acids is 1. The molecular weight excluding hydrogens is 363 g/mol. The molecule has 1 atom stereocenters. The molecule has 0 spiro atoms. The molecule has 3 nitrogen and oxygen atoms in total. The molecule has 118 valence electrons. The average Bonchev–Trinajstić information content (AvgIpc) is 2.93. The molecule has 1 aliphatic heterocycles. The summed E-state index contributed by atoms with van der Waals surface area (Å²) in [6.45, 7) is 2.19. The summed E-state index contributed by atoms with van der Waals surface area (Å²) in [7, 11) is 0. The number of nitrogens with zero attached hydrogens (tertiary/aromatic N) is 1. The van der Waals surface area contributed by atoms with Gasteiger partial charge in [-0.15, -0.1) is 23.7 Å². The lowest BCUT2D eigenvalue weighted by Crippen LogP contribution is -2.48. The Morgan fingerprint density at radius 3 is 2.77 bits per heavy atom. The number of halogens is 3. The minimum Gasteiger partial charge on any atom is -0.328 e. The first-order chi connectivity index (χ1) is 10.1. The maximum absolute atomic E-state index is 12.7. The molecule has 1 unspecified atom stereocenters. The van der Waals surface area contributed by atoms with Gasteiger partial charge in [0.2, 0.25) is 0 Å². The van der Waals surface area contributed by atoms with E-state index in [1.54, 1.807) is 12.1 Å². The van der Waals surface area contributed by atoms with Crippen molar-refractivity contribution in [2.75, 3.05) is 19.6 Å². The summed E-state index contributed by atoms with van der Waals surface area (Å²) in [6.07, 6.45) is 0. The Morgan fingerprint density at radius 1 is 1.27 bits per heavy atom. The molecule has 1 amide bonds. The Balaban J connectivity index is 0.00000176. The lowest BCUT2D eigenvalue weighted by atomic mass is 10.0. The molecule has 1 fully saturated rings. The van der Waals surface area contributed by atoms with Crippen LogP contribution in [0, 0.1) is 0 Å². The van der Waals surface area contributed by atoms with Crippen molar-refractivity contribution in [2.45, 2.75) is 6.04 Å². The van der Waals surface area contributed by atoms with Crippen molar-refractivity contribution >= 4 is 52.9 Å². The number of carbonyl (C=O) groups is 1. The van der Waals surface area contributed by atoms with Crippen LogP contribution < -0.4 is 5.32 Å². The van der Waals surface area contributed by atoms with Gasteiger partial charge in [0.15, 0.2) is 0 Å². The van der Waals surface area contributed by atoms with E-state index in [0.29, 0.717) is 20.8 Å². The quantitative estimate of drug-likeness (QED) is 0.848. The van der Waals surface area contributed by atoms with Gasteiger partial charge in [0.05, 0.1) is 15.3 Å². The standard InChI is InChI=1S/C15H14Cl2N2OS.ClH/c16-11-3-1-2-10(8-11)12-9-18-6-7-19(12)15(20)13-4-5-14(17)21-13;/h1-5,8,12,18H,6-7,9H2;1H. The Kier molecular flexibility index (Phi) is 6.12. The van der Waals surface area contributed by atoms with Crippen LogP contribution in [0.5, 0.6) is 0 Å². The molecule has 0 radical (unpaired) electrons. The fraction of sp³-hybridized carbons (Fsp3) is 0.267. The Bertz CT molecular complexity index is 662. The SMILES string of the molecule is Cl.O=C(c1ccc(Cl)s1)N1CCNCC1c1cccc(Cl)c1. The topological polar surface area (TPSA) is 32.3 Å². The van der Waals surface area contributed by atoms with Crippen LogP contribution in [0.25, 0.3) is 0 Å². The van der Waals surface area contributed by atoms with E-state index in [2.05, 4.69) is 5.32 Å². The van der Waals surface area contributed by atoms with E-state index in [4.69, 9.17) is 23.2 Å². The monoisotopic (exact) mass is 376 g/mol. The van der Waals surface area contributed by atoms with Crippen molar-refractivity contribution in [2.24, 2.45) is 0 Å². The van der Waals surface area contributed by atoms with Crippen LogP contribution in [0.2, 0.25) is 9.36 Å². The normalized spacial score (nSPS) is 17.9. The van der Waals surface area contributed by atoms with E-state index in [9.17, 15) is 4.79 Å². The summed E-state index contributed by atoms with van der Waals surface area (Å²) >= 11 is 13.3. The molecule has 1 aliphatic rings. The molecule has 7 heteroatoms. The van der Waals surface area contributed by atoms with E-state index in [-0.39, 0.29) is 24.4 Å². The fourth-order valence-corrected chi connectivity index (χ4v) is 3.73. The predicted molar refractivity (Wildman–Crippen MR) is 94.7 cm³/mol. The van der Waals surface area contributed by atoms with Crippen molar-refractivity contribution in [1.29, 1.82) is 0 Å². The first kappa shape index (κ1) is 17.6. The molecule has 22 heavy (non-hydrogen) atoms. The first-order valence-corrected chi connectivity index (χ1v) is 8.25. The van der Waals surface area contributed by atoms with Crippen molar-refractivity contribution in [3.8, 4) is 0 Å². The molecule has 1 N–H and O–H groups in total. The lowest BCUT2D eigenvalue weighted by molar-refractivity contribution is 0.0639. The summed E-state index contributed by atoms with van der Waals surface area (Å²) in [6, 6.07) is 11.2. The van der Waals surface area contributed by atoms with Crippen molar-refractivity contribution in [3.63, 3.8) is 0 Å². The van der Waals surface area contributed by atoms with Gasteiger partial charge in [-0.1, -0.05) is 35.3 Å². The number of benzene rings is 1. The third kappa shape index (κ3) is 3.76. The molecule has 3 rings (SSSR count). The summed E-state index contributed by atoms with van der Waals surface area (Å²) in [4.78, 5) is 15.3. The van der Waals surface area contributed by atoms with Gasteiger partial charge >= 0.3 is 0 Å². The van der Waals surface area contributed by atoms with E-state index in [1.165, 1.54) is 11.3 Å². The number of thiophene rings is 1. The lowest BCUT2D eigenvalue weighted by Gasteiger charge is -2.36. The van der Waals surface area contributed by atoms with E-state index in [0.717, 1.165) is 18.7 Å². The molecule has 2 heterocycles. The zero-order valence-electron chi connectivity index (χ0n) is 11.6. The summed E-state index contributed by atoms with van der Waals surface area (Å²) in [5, 5.41) is 4.02. The Morgan fingerprint density at radius 2 is 2.09 bits per heavy atom. The van der Waals surface area contributed by atoms with Crippen molar-refractivity contribution in [1.82, 2.24) is 10.2 Å². The van der Waals surface area contributed by atoms with Crippen LogP contribution in [-0.4, -0.2) is 30.4 Å². The minimum atomic E-state index is -0.00849. The molecule has 1 aromatic heterocycles. The molecule has 1 aromatic carbocycles. The zero-order valence-corrected chi connectivity index (χ0v) is 14.7. The Hall–Kier alpha value is -0.780. The number of piperazine rings is 1. The van der Waals surface area contributed by atoms with Crippen LogP contribution >= 0.6 is 46.9 Å². The van der Waals surface area contributed by atoms with Gasteiger partial charge < -0.3 is 10.2 Å². The maximum atomic E-state index is 12.7. The third-order valence-electron chi connectivity index (χ3n) is 3.52. The number of hydrogen-bond acceptors (Lipinski definition) is 3. The van der Waals surface area contributed by atoms with E-state index in [1.807, 2.05) is 29.2 Å². The second-order valence-electron chi connectivity index (χ2n) is 4.88. The van der Waals surface area contributed by atoms with Gasteiger partial charge in [-0.2, -0.15) is 0 Å². The molecule has 0 aliphatic carbocycles. The summed E-state index contributed by atoms with van der Waals surface area (Å²) in [5.41, 5.74) is 1.05. The van der Waals surface area contributed by atoms with Crippen LogP contribution in [0.15, 0.2) is 36.4 Å². The number of nitrogens with one attached hydrogen (secondary N) is 1. The first-order valence-electron chi connectivity index (χ1n) is 6.67. The third-order valence-corrected chi connectivity index (χ3v) is 4.98. The largest absolute Gasteiger partial charge is 0.328 e. The van der Waals surface area contributed by atoms with Gasteiger partial charge in [-0.25, -0.2) is 0 Å². The highest BCUT2D eigenvalue weighted by Gasteiger charge is 2.29. The van der Waals surface area contributed by atoms with E-state index < -0.39 is 0 Å². The number of hydrogen-bond donors (Lipinski definition) is 1. The van der Waals surface area contributed by atoms with E-state index >= 15 is 0 Å². The summed E-state index contributed by atoms with van der Waals surface area (Å²) < 4.78 is 0.632. The Labute approximate surface area is 149 Å². The maximum Gasteiger partial charge on any atom is 0.264 e. The molecule has 0 saturated carbocycles. The highest BCUT2D eigenvalue weighted by molar-refractivity contribution is 7.17.